The van der Waals surface area contributed by atoms with Crippen molar-refractivity contribution < 1.29 is 9.53 Å². The van der Waals surface area contributed by atoms with Crippen LogP contribution in [0.1, 0.15) is 26.3 Å². The molecule has 1 aromatic rings. The van der Waals surface area contributed by atoms with Crippen LogP contribution in [0, 0.1) is 0 Å². The molecule has 18 heavy (non-hydrogen) atoms. The smallest absolute Gasteiger partial charge is 0.323 e. The summed E-state index contributed by atoms with van der Waals surface area (Å²) in [7, 11) is 0. The first-order valence-electron chi connectivity index (χ1n) is 5.61. The molecule has 5 heteroatoms. The van der Waals surface area contributed by atoms with Gasteiger partial charge < -0.3 is 10.5 Å². The van der Waals surface area contributed by atoms with Gasteiger partial charge in [0.2, 0.25) is 0 Å². The number of rotatable bonds is 3. The number of carbonyl (C=O) groups excluding carboxylic acids is 1. The molecule has 1 unspecified atom stereocenters. The maximum absolute atomic E-state index is 11.8. The Morgan fingerprint density at radius 3 is 2.50 bits per heavy atom. The molecule has 100 valence electrons. The van der Waals surface area contributed by atoms with Gasteiger partial charge in [-0.05, 0) is 44.9 Å². The molecule has 0 radical (unpaired) electrons. The average molecular weight is 379 g/mol. The van der Waals surface area contributed by atoms with E-state index < -0.39 is 11.6 Å². The van der Waals surface area contributed by atoms with Crippen molar-refractivity contribution in [3.63, 3.8) is 0 Å². The van der Waals surface area contributed by atoms with Crippen molar-refractivity contribution in [2.75, 3.05) is 0 Å². The zero-order chi connectivity index (χ0) is 13.9. The SMILES string of the molecule is CC(C)(C)OC(=O)C(N)Cc1ccc(Br)cc1Br. The summed E-state index contributed by atoms with van der Waals surface area (Å²) in [4.78, 5) is 11.8. The van der Waals surface area contributed by atoms with Gasteiger partial charge in [0, 0.05) is 8.95 Å². The Hall–Kier alpha value is -0.390. The molecule has 0 bridgehead atoms. The van der Waals surface area contributed by atoms with Crippen molar-refractivity contribution in [1.29, 1.82) is 0 Å². The molecule has 0 aromatic heterocycles. The topological polar surface area (TPSA) is 52.3 Å². The van der Waals surface area contributed by atoms with E-state index in [4.69, 9.17) is 10.5 Å². The zero-order valence-corrected chi connectivity index (χ0v) is 13.8. The van der Waals surface area contributed by atoms with E-state index in [-0.39, 0.29) is 5.97 Å². The van der Waals surface area contributed by atoms with Crippen LogP contribution >= 0.6 is 31.9 Å². The van der Waals surface area contributed by atoms with E-state index in [1.165, 1.54) is 0 Å². The summed E-state index contributed by atoms with van der Waals surface area (Å²) in [6, 6.07) is 5.12. The van der Waals surface area contributed by atoms with Crippen molar-refractivity contribution in [1.82, 2.24) is 0 Å². The van der Waals surface area contributed by atoms with Crippen molar-refractivity contribution in [3.8, 4) is 0 Å². The molecule has 0 aliphatic carbocycles. The van der Waals surface area contributed by atoms with Gasteiger partial charge >= 0.3 is 5.97 Å². The van der Waals surface area contributed by atoms with Crippen molar-refractivity contribution >= 4 is 37.8 Å². The van der Waals surface area contributed by atoms with Crippen molar-refractivity contribution in [3.05, 3.63) is 32.7 Å². The molecule has 0 saturated carbocycles. The maximum atomic E-state index is 11.8. The van der Waals surface area contributed by atoms with E-state index in [0.29, 0.717) is 6.42 Å². The monoisotopic (exact) mass is 377 g/mol. The molecule has 0 aliphatic heterocycles. The van der Waals surface area contributed by atoms with E-state index in [1.807, 2.05) is 39.0 Å². The van der Waals surface area contributed by atoms with Gasteiger partial charge in [-0.25, -0.2) is 0 Å². The number of ether oxygens (including phenoxy) is 1. The number of halogens is 2. The molecule has 0 fully saturated rings. The van der Waals surface area contributed by atoms with Gasteiger partial charge in [-0.2, -0.15) is 0 Å². The average Bonchev–Trinajstić information content (AvgIpc) is 2.19. The first-order valence-corrected chi connectivity index (χ1v) is 7.20. The minimum atomic E-state index is -0.651. The van der Waals surface area contributed by atoms with Crippen LogP contribution in [0.5, 0.6) is 0 Å². The van der Waals surface area contributed by atoms with Crippen LogP contribution in [0.4, 0.5) is 0 Å². The molecule has 0 spiro atoms. The molecule has 2 N–H and O–H groups in total. The van der Waals surface area contributed by atoms with Crippen LogP contribution in [0.25, 0.3) is 0 Å². The highest BCUT2D eigenvalue weighted by Crippen LogP contribution is 2.23. The molecule has 0 amide bonds. The summed E-state index contributed by atoms with van der Waals surface area (Å²) in [5.74, 6) is -0.377. The summed E-state index contributed by atoms with van der Waals surface area (Å²) in [6.45, 7) is 5.48. The Labute approximate surface area is 124 Å². The Bertz CT molecular complexity index is 441. The third-order valence-electron chi connectivity index (χ3n) is 2.16. The highest BCUT2D eigenvalue weighted by Gasteiger charge is 2.22. The number of benzene rings is 1. The third kappa shape index (κ3) is 5.08. The summed E-state index contributed by atoms with van der Waals surface area (Å²) in [6.07, 6.45) is 0.447. The van der Waals surface area contributed by atoms with E-state index >= 15 is 0 Å². The summed E-state index contributed by atoms with van der Waals surface area (Å²) < 4.78 is 7.15. The predicted octanol–water partition coefficient (Wildman–Crippen LogP) is 3.42. The summed E-state index contributed by atoms with van der Waals surface area (Å²) in [5.41, 5.74) is 6.33. The van der Waals surface area contributed by atoms with Crippen LogP contribution in [0.3, 0.4) is 0 Å². The molecular formula is C13H17Br2NO2. The highest BCUT2D eigenvalue weighted by molar-refractivity contribution is 9.11. The number of carbonyl (C=O) groups is 1. The van der Waals surface area contributed by atoms with E-state index in [1.54, 1.807) is 0 Å². The minimum Gasteiger partial charge on any atom is -0.459 e. The highest BCUT2D eigenvalue weighted by atomic mass is 79.9. The minimum absolute atomic E-state index is 0.377. The maximum Gasteiger partial charge on any atom is 0.323 e. The molecule has 0 heterocycles. The van der Waals surface area contributed by atoms with Gasteiger partial charge in [-0.15, -0.1) is 0 Å². The Morgan fingerprint density at radius 1 is 1.39 bits per heavy atom. The number of hydrogen-bond acceptors (Lipinski definition) is 3. The molecule has 0 aliphatic rings. The lowest BCUT2D eigenvalue weighted by atomic mass is 10.1. The Kier molecular flexibility index (Phi) is 5.37. The second-order valence-corrected chi connectivity index (χ2v) is 6.85. The zero-order valence-electron chi connectivity index (χ0n) is 10.7. The van der Waals surface area contributed by atoms with Gasteiger partial charge in [0.15, 0.2) is 0 Å². The second-order valence-electron chi connectivity index (χ2n) is 5.08. The van der Waals surface area contributed by atoms with Gasteiger partial charge in [0.05, 0.1) is 0 Å². The lowest BCUT2D eigenvalue weighted by Gasteiger charge is -2.22. The van der Waals surface area contributed by atoms with Crippen LogP contribution in [0.15, 0.2) is 27.1 Å². The van der Waals surface area contributed by atoms with Crippen LogP contribution in [0.2, 0.25) is 0 Å². The van der Waals surface area contributed by atoms with Gasteiger partial charge in [0.1, 0.15) is 11.6 Å². The van der Waals surface area contributed by atoms with Crippen LogP contribution in [-0.4, -0.2) is 17.6 Å². The van der Waals surface area contributed by atoms with Crippen LogP contribution in [-0.2, 0) is 16.0 Å². The Balaban J connectivity index is 2.69. The lowest BCUT2D eigenvalue weighted by molar-refractivity contribution is -0.156. The molecule has 3 nitrogen and oxygen atoms in total. The van der Waals surface area contributed by atoms with Crippen LogP contribution < -0.4 is 5.73 Å². The van der Waals surface area contributed by atoms with E-state index in [0.717, 1.165) is 14.5 Å². The normalized spacial score (nSPS) is 13.2. The van der Waals surface area contributed by atoms with E-state index in [9.17, 15) is 4.79 Å². The quantitative estimate of drug-likeness (QED) is 0.819. The molecule has 0 saturated heterocycles. The Morgan fingerprint density at radius 2 is 2.00 bits per heavy atom. The fourth-order valence-corrected chi connectivity index (χ4v) is 2.59. The third-order valence-corrected chi connectivity index (χ3v) is 3.40. The standard InChI is InChI=1S/C13H17Br2NO2/c1-13(2,3)18-12(17)11(16)6-8-4-5-9(14)7-10(8)15/h4-5,7,11H,6,16H2,1-3H3. The van der Waals surface area contributed by atoms with E-state index in [2.05, 4.69) is 31.9 Å². The summed E-state index contributed by atoms with van der Waals surface area (Å²) >= 11 is 6.83. The molecular weight excluding hydrogens is 362 g/mol. The van der Waals surface area contributed by atoms with Gasteiger partial charge in [-0.1, -0.05) is 37.9 Å². The van der Waals surface area contributed by atoms with Crippen molar-refractivity contribution in [2.45, 2.75) is 38.8 Å². The molecule has 1 rings (SSSR count). The number of hydrogen-bond donors (Lipinski definition) is 1. The molecule has 1 aromatic carbocycles. The first kappa shape index (κ1) is 15.7. The predicted molar refractivity (Wildman–Crippen MR) is 79.4 cm³/mol. The second kappa shape index (κ2) is 6.17. The summed E-state index contributed by atoms with van der Waals surface area (Å²) in [5, 5.41) is 0. The van der Waals surface area contributed by atoms with Gasteiger partial charge in [0.25, 0.3) is 0 Å². The number of nitrogens with two attached hydrogens (primary N) is 1. The van der Waals surface area contributed by atoms with Gasteiger partial charge in [-0.3, -0.25) is 4.79 Å². The largest absolute Gasteiger partial charge is 0.459 e. The fourth-order valence-electron chi connectivity index (χ4n) is 1.38. The number of esters is 1. The first-order chi connectivity index (χ1) is 8.19. The molecule has 1 atom stereocenters. The lowest BCUT2D eigenvalue weighted by Crippen LogP contribution is -2.38. The fraction of sp³-hybridized carbons (Fsp3) is 0.462. The van der Waals surface area contributed by atoms with Crippen molar-refractivity contribution in [2.24, 2.45) is 5.73 Å².